The number of halogens is 3. The molecule has 4 aromatic rings. The van der Waals surface area contributed by atoms with Crippen molar-refractivity contribution in [2.24, 2.45) is 0 Å². The molecule has 0 atom stereocenters. The van der Waals surface area contributed by atoms with Crippen molar-refractivity contribution in [3.8, 4) is 27.4 Å². The van der Waals surface area contributed by atoms with E-state index in [9.17, 15) is 8.78 Å². The molecule has 4 rings (SSSR count). The number of aromatic nitrogens is 2. The fraction of sp³-hybridized carbons (Fsp3) is 0.231. The first-order valence-electron chi connectivity index (χ1n) is 11.1. The highest BCUT2D eigenvalue weighted by molar-refractivity contribution is 7.98. The topological polar surface area (TPSA) is 58.5 Å². The Labute approximate surface area is 221 Å². The van der Waals surface area contributed by atoms with E-state index in [0.29, 0.717) is 27.4 Å². The van der Waals surface area contributed by atoms with Gasteiger partial charge < -0.3 is 14.7 Å². The molecule has 0 spiro atoms. The zero-order valence-corrected chi connectivity index (χ0v) is 21.8. The normalized spacial score (nSPS) is 11.2. The van der Waals surface area contributed by atoms with E-state index in [-0.39, 0.29) is 13.2 Å². The number of benzene rings is 2. The summed E-state index contributed by atoms with van der Waals surface area (Å²) >= 11 is 9.04. The van der Waals surface area contributed by atoms with E-state index < -0.39 is 13.0 Å². The molecule has 0 bridgehead atoms. The summed E-state index contributed by atoms with van der Waals surface area (Å²) in [6.07, 6.45) is -2.47. The Kier molecular flexibility index (Phi) is 9.14. The van der Waals surface area contributed by atoms with Crippen molar-refractivity contribution in [3.63, 3.8) is 0 Å². The molecular formula is C26H24ClF2N3O2S2. The molecule has 2 aromatic heterocycles. The van der Waals surface area contributed by atoms with Gasteiger partial charge in [-0.1, -0.05) is 47.6 Å². The summed E-state index contributed by atoms with van der Waals surface area (Å²) in [6, 6.07) is 18.7. The maximum absolute atomic E-state index is 13.1. The molecule has 188 valence electrons. The van der Waals surface area contributed by atoms with Crippen LogP contribution in [0.25, 0.3) is 21.7 Å². The van der Waals surface area contributed by atoms with Crippen LogP contribution in [0.15, 0.2) is 71.1 Å². The van der Waals surface area contributed by atoms with Crippen molar-refractivity contribution < 1.29 is 18.6 Å². The fourth-order valence-electron chi connectivity index (χ4n) is 3.38. The molecule has 10 heteroatoms. The molecule has 1 N–H and O–H groups in total. The minimum atomic E-state index is -2.47. The molecule has 2 heterocycles. The third-order valence-electron chi connectivity index (χ3n) is 5.15. The van der Waals surface area contributed by atoms with Gasteiger partial charge in [-0.25, -0.2) is 18.7 Å². The van der Waals surface area contributed by atoms with Gasteiger partial charge in [-0.05, 0) is 47.5 Å². The summed E-state index contributed by atoms with van der Waals surface area (Å²) in [5.41, 5.74) is 3.68. The van der Waals surface area contributed by atoms with Crippen LogP contribution in [0.4, 0.5) is 14.6 Å². The van der Waals surface area contributed by atoms with E-state index in [0.717, 1.165) is 27.4 Å². The minimum absolute atomic E-state index is 0.0628. The number of aliphatic hydroxyl groups excluding tert-OH is 1. The van der Waals surface area contributed by atoms with Gasteiger partial charge in [0.2, 0.25) is 0 Å². The molecule has 0 saturated carbocycles. The first-order valence-corrected chi connectivity index (χ1v) is 13.3. The maximum Gasteiger partial charge on any atom is 0.255 e. The highest BCUT2D eigenvalue weighted by Crippen LogP contribution is 2.32. The zero-order chi connectivity index (χ0) is 25.5. The predicted octanol–water partition coefficient (Wildman–Crippen LogP) is 6.89. The average Bonchev–Trinajstić information content (AvgIpc) is 3.35. The number of hydrogen-bond donors (Lipinski definition) is 1. The molecule has 0 amide bonds. The van der Waals surface area contributed by atoms with Crippen LogP contribution in [-0.4, -0.2) is 48.3 Å². The third-order valence-corrected chi connectivity index (χ3v) is 7.29. The fourth-order valence-corrected chi connectivity index (χ4v) is 5.25. The van der Waals surface area contributed by atoms with Crippen LogP contribution in [0.3, 0.4) is 0 Å². The number of thioether (sulfide) groups is 1. The Balaban J connectivity index is 1.55. The quantitative estimate of drug-likeness (QED) is 0.206. The van der Waals surface area contributed by atoms with Crippen molar-refractivity contribution in [2.75, 3.05) is 31.7 Å². The highest BCUT2D eigenvalue weighted by Gasteiger charge is 2.14. The number of nitrogens with zero attached hydrogens (tertiary/aromatic N) is 3. The van der Waals surface area contributed by atoms with Gasteiger partial charge >= 0.3 is 0 Å². The SMILES string of the molecule is CN(CC(F)F)c1cc(-c2ccc(OCCO)cc2)cc(SCc2csc(-c3ccc(Cl)cc3)n2)n1. The van der Waals surface area contributed by atoms with Gasteiger partial charge in [-0.3, -0.25) is 0 Å². The zero-order valence-electron chi connectivity index (χ0n) is 19.4. The molecule has 0 aliphatic rings. The Morgan fingerprint density at radius 3 is 2.44 bits per heavy atom. The van der Waals surface area contributed by atoms with Crippen LogP contribution >= 0.6 is 34.7 Å². The van der Waals surface area contributed by atoms with Crippen LogP contribution in [0.2, 0.25) is 5.02 Å². The molecule has 0 unspecified atom stereocenters. The van der Waals surface area contributed by atoms with Gasteiger partial charge in [0, 0.05) is 28.8 Å². The van der Waals surface area contributed by atoms with Crippen molar-refractivity contribution in [3.05, 3.63) is 76.8 Å². The second-order valence-electron chi connectivity index (χ2n) is 7.86. The number of ether oxygens (including phenoxy) is 1. The lowest BCUT2D eigenvalue weighted by Gasteiger charge is -2.19. The van der Waals surface area contributed by atoms with Gasteiger partial charge in [-0.2, -0.15) is 0 Å². The molecule has 5 nitrogen and oxygen atoms in total. The van der Waals surface area contributed by atoms with Crippen LogP contribution in [0.1, 0.15) is 5.69 Å². The predicted molar refractivity (Wildman–Crippen MR) is 144 cm³/mol. The number of rotatable bonds is 11. The Bertz CT molecular complexity index is 1270. The van der Waals surface area contributed by atoms with Crippen molar-refractivity contribution in [1.82, 2.24) is 9.97 Å². The molecule has 2 aromatic carbocycles. The van der Waals surface area contributed by atoms with E-state index in [1.807, 2.05) is 60.0 Å². The van der Waals surface area contributed by atoms with Gasteiger partial charge in [0.05, 0.1) is 23.9 Å². The largest absolute Gasteiger partial charge is 0.491 e. The molecule has 0 aliphatic carbocycles. The van der Waals surface area contributed by atoms with Crippen molar-refractivity contribution in [2.45, 2.75) is 17.2 Å². The standard InChI is InChI=1S/C26H24ClF2N3O2S2/c1-32(14-23(28)29)24-12-19(17-4-8-22(9-5-17)34-11-10-33)13-25(31-24)35-15-21-16-36-26(30-21)18-2-6-20(27)7-3-18/h2-9,12-13,16,23,33H,10-11,14-15H2,1H3. The molecule has 36 heavy (non-hydrogen) atoms. The number of aliphatic hydroxyl groups is 1. The summed E-state index contributed by atoms with van der Waals surface area (Å²) in [5.74, 6) is 1.70. The lowest BCUT2D eigenvalue weighted by Crippen LogP contribution is -2.25. The number of anilines is 1. The van der Waals surface area contributed by atoms with Crippen LogP contribution in [0.5, 0.6) is 5.75 Å². The Morgan fingerprint density at radius 1 is 1.03 bits per heavy atom. The van der Waals surface area contributed by atoms with Gasteiger partial charge in [0.25, 0.3) is 6.43 Å². The Hall–Kier alpha value is -2.72. The van der Waals surface area contributed by atoms with Crippen LogP contribution in [0, 0.1) is 0 Å². The molecule has 0 radical (unpaired) electrons. The van der Waals surface area contributed by atoms with E-state index in [1.54, 1.807) is 24.5 Å². The lowest BCUT2D eigenvalue weighted by atomic mass is 10.1. The van der Waals surface area contributed by atoms with E-state index in [1.165, 1.54) is 16.7 Å². The van der Waals surface area contributed by atoms with Gasteiger partial charge in [0.1, 0.15) is 23.2 Å². The number of thiazole rings is 1. The summed E-state index contributed by atoms with van der Waals surface area (Å²) in [7, 11) is 1.61. The number of hydrogen-bond acceptors (Lipinski definition) is 7. The van der Waals surface area contributed by atoms with E-state index in [2.05, 4.69) is 4.98 Å². The summed E-state index contributed by atoms with van der Waals surface area (Å²) in [4.78, 5) is 10.8. The van der Waals surface area contributed by atoms with Crippen molar-refractivity contribution >= 4 is 40.5 Å². The highest BCUT2D eigenvalue weighted by atomic mass is 35.5. The van der Waals surface area contributed by atoms with Gasteiger partial charge in [0.15, 0.2) is 0 Å². The molecule has 0 saturated heterocycles. The number of alkyl halides is 2. The van der Waals surface area contributed by atoms with E-state index >= 15 is 0 Å². The first kappa shape index (κ1) is 26.3. The molecule has 0 aliphatic heterocycles. The summed E-state index contributed by atoms with van der Waals surface area (Å²) in [5, 5.41) is 13.2. The van der Waals surface area contributed by atoms with E-state index in [4.69, 9.17) is 26.4 Å². The second-order valence-corrected chi connectivity index (χ2v) is 10.2. The maximum atomic E-state index is 13.1. The van der Waals surface area contributed by atoms with Crippen LogP contribution in [-0.2, 0) is 5.75 Å². The summed E-state index contributed by atoms with van der Waals surface area (Å²) in [6.45, 7) is -0.258. The van der Waals surface area contributed by atoms with Gasteiger partial charge in [-0.15, -0.1) is 11.3 Å². The molecular weight excluding hydrogens is 524 g/mol. The molecule has 0 fully saturated rings. The first-order chi connectivity index (χ1) is 17.4. The second kappa shape index (κ2) is 12.5. The Morgan fingerprint density at radius 2 is 1.75 bits per heavy atom. The minimum Gasteiger partial charge on any atom is -0.491 e. The van der Waals surface area contributed by atoms with Crippen LogP contribution < -0.4 is 9.64 Å². The third kappa shape index (κ3) is 7.16. The average molecular weight is 548 g/mol. The monoisotopic (exact) mass is 547 g/mol. The lowest BCUT2D eigenvalue weighted by molar-refractivity contribution is 0.156. The number of pyridine rings is 1. The smallest absolute Gasteiger partial charge is 0.255 e. The summed E-state index contributed by atoms with van der Waals surface area (Å²) < 4.78 is 31.5. The van der Waals surface area contributed by atoms with Crippen molar-refractivity contribution in [1.29, 1.82) is 0 Å².